The van der Waals surface area contributed by atoms with Gasteiger partial charge in [0.1, 0.15) is 17.2 Å². The Kier molecular flexibility index (Phi) is 6.35. The summed E-state index contributed by atoms with van der Waals surface area (Å²) in [6.07, 6.45) is 3.19. The molecule has 2 amide bonds. The lowest BCUT2D eigenvalue weighted by Gasteiger charge is -2.31. The lowest BCUT2D eigenvalue weighted by molar-refractivity contribution is -0.134. The largest absolute Gasteiger partial charge is 0.484 e. The number of carbonyl (C=O) groups excluding carboxylic acids is 2. The van der Waals surface area contributed by atoms with Crippen molar-refractivity contribution in [3.8, 4) is 5.75 Å². The summed E-state index contributed by atoms with van der Waals surface area (Å²) < 4.78 is 10.8. The number of hydrogen-bond acceptors (Lipinski definition) is 5. The van der Waals surface area contributed by atoms with Crippen LogP contribution in [0.25, 0.3) is 0 Å². The van der Waals surface area contributed by atoms with Crippen molar-refractivity contribution in [3.05, 3.63) is 71.4 Å². The van der Waals surface area contributed by atoms with E-state index in [9.17, 15) is 9.59 Å². The Morgan fingerprint density at radius 1 is 1.23 bits per heavy atom. The Morgan fingerprint density at radius 3 is 2.81 bits per heavy atom. The summed E-state index contributed by atoms with van der Waals surface area (Å²) in [4.78, 5) is 26.6. The van der Waals surface area contributed by atoms with Crippen molar-refractivity contribution in [2.45, 2.75) is 32.2 Å². The van der Waals surface area contributed by atoms with Crippen LogP contribution in [0.3, 0.4) is 0 Å². The molecule has 8 heteroatoms. The first kappa shape index (κ1) is 20.7. The fourth-order valence-corrected chi connectivity index (χ4v) is 3.71. The Balaban J connectivity index is 1.24. The third kappa shape index (κ3) is 5.33. The molecule has 3 heterocycles. The molecule has 4 rings (SSSR count). The topological polar surface area (TPSA) is 100 Å². The van der Waals surface area contributed by atoms with Gasteiger partial charge in [-0.2, -0.15) is 5.10 Å². The van der Waals surface area contributed by atoms with Crippen molar-refractivity contribution in [1.82, 2.24) is 20.4 Å². The van der Waals surface area contributed by atoms with Gasteiger partial charge >= 0.3 is 0 Å². The van der Waals surface area contributed by atoms with E-state index in [1.54, 1.807) is 24.5 Å². The summed E-state index contributed by atoms with van der Waals surface area (Å²) in [6, 6.07) is 13.0. The summed E-state index contributed by atoms with van der Waals surface area (Å²) in [6.45, 7) is 3.65. The zero-order valence-electron chi connectivity index (χ0n) is 17.5. The Morgan fingerprint density at radius 2 is 2.06 bits per heavy atom. The maximum Gasteiger partial charge on any atom is 0.272 e. The number of piperidine rings is 1. The van der Waals surface area contributed by atoms with Crippen molar-refractivity contribution in [3.63, 3.8) is 0 Å². The van der Waals surface area contributed by atoms with Gasteiger partial charge < -0.3 is 19.4 Å². The van der Waals surface area contributed by atoms with Gasteiger partial charge in [0, 0.05) is 24.7 Å². The first-order chi connectivity index (χ1) is 15.1. The van der Waals surface area contributed by atoms with Gasteiger partial charge in [0.15, 0.2) is 6.61 Å². The molecule has 1 aliphatic heterocycles. The van der Waals surface area contributed by atoms with Crippen molar-refractivity contribution in [2.24, 2.45) is 0 Å². The first-order valence-corrected chi connectivity index (χ1v) is 10.4. The summed E-state index contributed by atoms with van der Waals surface area (Å²) in [5, 5.41) is 9.92. The Bertz CT molecular complexity index is 1020. The Labute approximate surface area is 180 Å². The standard InChI is InChI=1S/C23H26N4O4/c1-16-4-2-5-18(12-16)31-15-22(28)27-9-7-17(8-10-27)20-13-21(26-25-20)23(29)24-14-19-6-3-11-30-19/h2-6,11-13,17H,7-10,14-15H2,1H3,(H,24,29)(H,25,26). The highest BCUT2D eigenvalue weighted by molar-refractivity contribution is 5.92. The van der Waals surface area contributed by atoms with Gasteiger partial charge in [-0.1, -0.05) is 12.1 Å². The second-order valence-electron chi connectivity index (χ2n) is 7.73. The van der Waals surface area contributed by atoms with E-state index in [4.69, 9.17) is 9.15 Å². The number of carbonyl (C=O) groups is 2. The summed E-state index contributed by atoms with van der Waals surface area (Å²) >= 11 is 0. The van der Waals surface area contributed by atoms with Crippen LogP contribution in [0, 0.1) is 6.92 Å². The fraction of sp³-hybridized carbons (Fsp3) is 0.348. The number of aromatic nitrogens is 2. The number of aromatic amines is 1. The highest BCUT2D eigenvalue weighted by Crippen LogP contribution is 2.27. The summed E-state index contributed by atoms with van der Waals surface area (Å²) in [7, 11) is 0. The molecule has 0 spiro atoms. The second-order valence-corrected chi connectivity index (χ2v) is 7.73. The predicted octanol–water partition coefficient (Wildman–Crippen LogP) is 3.03. The molecule has 8 nitrogen and oxygen atoms in total. The van der Waals surface area contributed by atoms with Crippen molar-refractivity contribution >= 4 is 11.8 Å². The van der Waals surface area contributed by atoms with E-state index >= 15 is 0 Å². The van der Waals surface area contributed by atoms with E-state index in [1.165, 1.54) is 0 Å². The van der Waals surface area contributed by atoms with Crippen LogP contribution < -0.4 is 10.1 Å². The minimum atomic E-state index is -0.250. The zero-order valence-corrected chi connectivity index (χ0v) is 17.5. The molecule has 31 heavy (non-hydrogen) atoms. The Hall–Kier alpha value is -3.55. The smallest absolute Gasteiger partial charge is 0.272 e. The third-order valence-corrected chi connectivity index (χ3v) is 5.47. The molecule has 2 N–H and O–H groups in total. The lowest BCUT2D eigenvalue weighted by atomic mass is 9.93. The van der Waals surface area contributed by atoms with Gasteiger partial charge in [-0.25, -0.2) is 0 Å². The SMILES string of the molecule is Cc1cccc(OCC(=O)N2CCC(c3cc(C(=O)NCc4ccco4)n[nH]3)CC2)c1. The molecule has 0 atom stereocenters. The zero-order chi connectivity index (χ0) is 21.6. The van der Waals surface area contributed by atoms with Crippen LogP contribution in [0.2, 0.25) is 0 Å². The third-order valence-electron chi connectivity index (χ3n) is 5.47. The van der Waals surface area contributed by atoms with E-state index in [0.717, 1.165) is 24.1 Å². The van der Waals surface area contributed by atoms with Gasteiger partial charge in [0.05, 0.1) is 12.8 Å². The van der Waals surface area contributed by atoms with Gasteiger partial charge in [0.2, 0.25) is 0 Å². The van der Waals surface area contributed by atoms with Crippen LogP contribution >= 0.6 is 0 Å². The molecular weight excluding hydrogens is 396 g/mol. The number of benzene rings is 1. The van der Waals surface area contributed by atoms with Crippen LogP contribution in [0.5, 0.6) is 5.75 Å². The molecule has 1 aliphatic rings. The molecule has 3 aromatic rings. The van der Waals surface area contributed by atoms with E-state index in [2.05, 4.69) is 15.5 Å². The van der Waals surface area contributed by atoms with Crippen LogP contribution in [0.4, 0.5) is 0 Å². The number of rotatable bonds is 7. The van der Waals surface area contributed by atoms with Gasteiger partial charge in [-0.3, -0.25) is 14.7 Å². The number of likely N-dealkylation sites (tertiary alicyclic amines) is 1. The average Bonchev–Trinajstić information content (AvgIpc) is 3.48. The van der Waals surface area contributed by atoms with E-state index in [-0.39, 0.29) is 24.3 Å². The molecule has 2 aromatic heterocycles. The van der Waals surface area contributed by atoms with Crippen molar-refractivity contribution in [1.29, 1.82) is 0 Å². The number of furan rings is 1. The number of ether oxygens (including phenoxy) is 1. The average molecular weight is 422 g/mol. The number of nitrogens with one attached hydrogen (secondary N) is 2. The lowest BCUT2D eigenvalue weighted by Crippen LogP contribution is -2.40. The van der Waals surface area contributed by atoms with Crippen molar-refractivity contribution < 1.29 is 18.7 Å². The second kappa shape index (κ2) is 9.51. The minimum Gasteiger partial charge on any atom is -0.484 e. The van der Waals surface area contributed by atoms with Gasteiger partial charge in [0.25, 0.3) is 11.8 Å². The van der Waals surface area contributed by atoms with Crippen LogP contribution in [0.1, 0.15) is 46.3 Å². The van der Waals surface area contributed by atoms with Crippen LogP contribution in [0.15, 0.2) is 53.1 Å². The molecule has 1 saturated heterocycles. The molecule has 1 fully saturated rings. The molecule has 0 aliphatic carbocycles. The molecular formula is C23H26N4O4. The first-order valence-electron chi connectivity index (χ1n) is 10.4. The molecule has 0 saturated carbocycles. The van der Waals surface area contributed by atoms with Crippen LogP contribution in [-0.2, 0) is 11.3 Å². The van der Waals surface area contributed by atoms with Crippen LogP contribution in [-0.4, -0.2) is 46.6 Å². The van der Waals surface area contributed by atoms with Crippen molar-refractivity contribution in [2.75, 3.05) is 19.7 Å². The normalized spacial score (nSPS) is 14.4. The molecule has 1 aromatic carbocycles. The summed E-state index contributed by atoms with van der Waals surface area (Å²) in [5.74, 6) is 1.37. The quantitative estimate of drug-likeness (QED) is 0.610. The van der Waals surface area contributed by atoms with E-state index in [0.29, 0.717) is 36.8 Å². The number of H-pyrrole nitrogens is 1. The maximum atomic E-state index is 12.5. The highest BCUT2D eigenvalue weighted by Gasteiger charge is 2.26. The molecule has 0 unspecified atom stereocenters. The number of aryl methyl sites for hydroxylation is 1. The molecule has 0 bridgehead atoms. The molecule has 162 valence electrons. The molecule has 0 radical (unpaired) electrons. The van der Waals surface area contributed by atoms with E-state index < -0.39 is 0 Å². The minimum absolute atomic E-state index is 0.0115. The number of nitrogens with zero attached hydrogens (tertiary/aromatic N) is 2. The fourth-order valence-electron chi connectivity index (χ4n) is 3.71. The maximum absolute atomic E-state index is 12.5. The van der Waals surface area contributed by atoms with E-state index in [1.807, 2.05) is 36.1 Å². The van der Waals surface area contributed by atoms with Gasteiger partial charge in [-0.05, 0) is 55.7 Å². The predicted molar refractivity (Wildman–Crippen MR) is 114 cm³/mol. The number of hydrogen-bond donors (Lipinski definition) is 2. The van der Waals surface area contributed by atoms with Gasteiger partial charge in [-0.15, -0.1) is 0 Å². The highest BCUT2D eigenvalue weighted by atomic mass is 16.5. The number of amides is 2. The summed E-state index contributed by atoms with van der Waals surface area (Å²) in [5.41, 5.74) is 2.37. The monoisotopic (exact) mass is 422 g/mol.